The van der Waals surface area contributed by atoms with Crippen LogP contribution in [0.15, 0.2) is 40.9 Å². The lowest BCUT2D eigenvalue weighted by Gasteiger charge is -2.16. The number of hydrogen-bond acceptors (Lipinski definition) is 5. The number of aliphatic hydroxyl groups is 1. The molecule has 21 heavy (non-hydrogen) atoms. The highest BCUT2D eigenvalue weighted by molar-refractivity contribution is 5.76. The molecule has 6 heteroatoms. The van der Waals surface area contributed by atoms with E-state index in [0.717, 1.165) is 5.56 Å². The fourth-order valence-electron chi connectivity index (χ4n) is 1.93. The number of amides is 1. The van der Waals surface area contributed by atoms with Crippen molar-refractivity contribution in [2.45, 2.75) is 18.9 Å². The number of nitrogens with zero attached hydrogens (tertiary/aromatic N) is 1. The number of rotatable bonds is 7. The average molecular weight is 290 g/mol. The van der Waals surface area contributed by atoms with Gasteiger partial charge in [0.05, 0.1) is 19.8 Å². The van der Waals surface area contributed by atoms with E-state index in [1.807, 2.05) is 30.3 Å². The van der Waals surface area contributed by atoms with Crippen LogP contribution in [0.5, 0.6) is 5.88 Å². The number of aromatic nitrogens is 1. The molecule has 0 saturated heterocycles. The number of ether oxygens (including phenoxy) is 1. The SMILES string of the molecule is COc1cc(CCC(=O)N[C@@H](CO)c2ccccc2)on1. The molecule has 1 aromatic heterocycles. The van der Waals surface area contributed by atoms with Crippen LogP contribution in [0.25, 0.3) is 0 Å². The Kier molecular flexibility index (Phi) is 5.34. The molecule has 1 heterocycles. The van der Waals surface area contributed by atoms with Crippen LogP contribution in [0, 0.1) is 0 Å². The maximum atomic E-state index is 11.9. The van der Waals surface area contributed by atoms with Gasteiger partial charge in [-0.25, -0.2) is 0 Å². The quantitative estimate of drug-likeness (QED) is 0.806. The number of methoxy groups -OCH3 is 1. The highest BCUT2D eigenvalue weighted by Gasteiger charge is 2.14. The predicted octanol–water partition coefficient (Wildman–Crippen LogP) is 1.47. The second-order valence-electron chi connectivity index (χ2n) is 4.55. The average Bonchev–Trinajstić information content (AvgIpc) is 2.99. The molecule has 0 aliphatic carbocycles. The van der Waals surface area contributed by atoms with E-state index in [0.29, 0.717) is 18.1 Å². The van der Waals surface area contributed by atoms with Crippen molar-refractivity contribution in [1.82, 2.24) is 10.5 Å². The Morgan fingerprint density at radius 1 is 1.43 bits per heavy atom. The lowest BCUT2D eigenvalue weighted by molar-refractivity contribution is -0.122. The first-order valence-corrected chi connectivity index (χ1v) is 6.67. The summed E-state index contributed by atoms with van der Waals surface area (Å²) in [7, 11) is 1.50. The Balaban J connectivity index is 1.85. The Hall–Kier alpha value is -2.34. The largest absolute Gasteiger partial charge is 0.479 e. The van der Waals surface area contributed by atoms with E-state index in [9.17, 15) is 9.90 Å². The number of carbonyl (C=O) groups excluding carboxylic acids is 1. The fraction of sp³-hybridized carbons (Fsp3) is 0.333. The van der Waals surface area contributed by atoms with Crippen molar-refractivity contribution in [3.8, 4) is 5.88 Å². The number of hydrogen-bond donors (Lipinski definition) is 2. The Bertz CT molecular complexity index is 568. The zero-order chi connectivity index (χ0) is 15.1. The summed E-state index contributed by atoms with van der Waals surface area (Å²) >= 11 is 0. The van der Waals surface area contributed by atoms with Gasteiger partial charge >= 0.3 is 0 Å². The Morgan fingerprint density at radius 2 is 2.19 bits per heavy atom. The molecule has 0 spiro atoms. The number of aliphatic hydroxyl groups excluding tert-OH is 1. The van der Waals surface area contributed by atoms with Gasteiger partial charge in [0.2, 0.25) is 5.91 Å². The van der Waals surface area contributed by atoms with Crippen molar-refractivity contribution in [2.24, 2.45) is 0 Å². The maximum Gasteiger partial charge on any atom is 0.254 e. The van der Waals surface area contributed by atoms with Gasteiger partial charge in [0.15, 0.2) is 0 Å². The van der Waals surface area contributed by atoms with Crippen molar-refractivity contribution >= 4 is 5.91 Å². The summed E-state index contributed by atoms with van der Waals surface area (Å²) in [4.78, 5) is 11.9. The highest BCUT2D eigenvalue weighted by Crippen LogP contribution is 2.14. The topological polar surface area (TPSA) is 84.6 Å². The first kappa shape index (κ1) is 15.1. The highest BCUT2D eigenvalue weighted by atomic mass is 16.5. The van der Waals surface area contributed by atoms with Gasteiger partial charge in [-0.15, -0.1) is 0 Å². The van der Waals surface area contributed by atoms with Crippen molar-refractivity contribution in [2.75, 3.05) is 13.7 Å². The van der Waals surface area contributed by atoms with E-state index in [4.69, 9.17) is 9.26 Å². The minimum absolute atomic E-state index is 0.147. The lowest BCUT2D eigenvalue weighted by Crippen LogP contribution is -2.30. The molecule has 0 aliphatic rings. The molecule has 0 aliphatic heterocycles. The van der Waals surface area contributed by atoms with Crippen LogP contribution >= 0.6 is 0 Å². The molecule has 1 atom stereocenters. The minimum atomic E-state index is -0.400. The third-order valence-electron chi connectivity index (χ3n) is 3.06. The first-order chi connectivity index (χ1) is 10.2. The number of nitrogens with one attached hydrogen (secondary N) is 1. The molecule has 0 fully saturated rings. The zero-order valence-corrected chi connectivity index (χ0v) is 11.8. The number of carbonyl (C=O) groups is 1. The molecular formula is C15H18N2O4. The number of benzene rings is 1. The monoisotopic (exact) mass is 290 g/mol. The van der Waals surface area contributed by atoms with E-state index < -0.39 is 6.04 Å². The molecule has 6 nitrogen and oxygen atoms in total. The zero-order valence-electron chi connectivity index (χ0n) is 11.8. The smallest absolute Gasteiger partial charge is 0.254 e. The van der Waals surface area contributed by atoms with Gasteiger partial charge in [-0.05, 0) is 10.7 Å². The standard InChI is InChI=1S/C15H18N2O4/c1-20-15-9-12(21-17-15)7-8-14(19)16-13(10-18)11-5-3-2-4-6-11/h2-6,9,13,18H,7-8,10H2,1H3,(H,16,19)/t13-/m0/s1. The van der Waals surface area contributed by atoms with Gasteiger partial charge in [0.1, 0.15) is 5.76 Å². The predicted molar refractivity (Wildman–Crippen MR) is 75.8 cm³/mol. The summed E-state index contributed by atoms with van der Waals surface area (Å²) in [6.07, 6.45) is 0.677. The van der Waals surface area contributed by atoms with E-state index in [1.165, 1.54) is 7.11 Å². The molecule has 1 amide bonds. The van der Waals surface area contributed by atoms with Crippen molar-refractivity contribution in [3.63, 3.8) is 0 Å². The molecule has 2 aromatic rings. The molecule has 2 rings (SSSR count). The van der Waals surface area contributed by atoms with Gasteiger partial charge in [-0.1, -0.05) is 30.3 Å². The molecule has 0 saturated carbocycles. The van der Waals surface area contributed by atoms with Crippen molar-refractivity contribution in [3.05, 3.63) is 47.7 Å². The van der Waals surface area contributed by atoms with E-state index in [1.54, 1.807) is 6.07 Å². The minimum Gasteiger partial charge on any atom is -0.479 e. The molecule has 0 radical (unpaired) electrons. The van der Waals surface area contributed by atoms with Crippen LogP contribution in [-0.2, 0) is 11.2 Å². The van der Waals surface area contributed by atoms with Gasteiger partial charge in [-0.3, -0.25) is 4.79 Å². The summed E-state index contributed by atoms with van der Waals surface area (Å²) in [5.41, 5.74) is 0.870. The van der Waals surface area contributed by atoms with Crippen molar-refractivity contribution in [1.29, 1.82) is 0 Å². The summed E-state index contributed by atoms with van der Waals surface area (Å²) in [6, 6.07) is 10.6. The number of aryl methyl sites for hydroxylation is 1. The maximum absolute atomic E-state index is 11.9. The van der Waals surface area contributed by atoms with Gasteiger partial charge in [-0.2, -0.15) is 0 Å². The molecule has 112 valence electrons. The molecular weight excluding hydrogens is 272 g/mol. The third-order valence-corrected chi connectivity index (χ3v) is 3.06. The van der Waals surface area contributed by atoms with Crippen LogP contribution in [0.1, 0.15) is 23.8 Å². The third kappa shape index (κ3) is 4.32. The van der Waals surface area contributed by atoms with E-state index in [-0.39, 0.29) is 18.9 Å². The summed E-state index contributed by atoms with van der Waals surface area (Å²) < 4.78 is 9.92. The molecule has 0 bridgehead atoms. The summed E-state index contributed by atoms with van der Waals surface area (Å²) in [6.45, 7) is -0.147. The van der Waals surface area contributed by atoms with Gasteiger partial charge in [0.25, 0.3) is 5.88 Å². The second-order valence-corrected chi connectivity index (χ2v) is 4.55. The van der Waals surface area contributed by atoms with E-state index >= 15 is 0 Å². The second kappa shape index (κ2) is 7.44. The summed E-state index contributed by atoms with van der Waals surface area (Å²) in [5.74, 6) is 0.818. The van der Waals surface area contributed by atoms with Crippen LogP contribution in [0.2, 0.25) is 0 Å². The molecule has 2 N–H and O–H groups in total. The van der Waals surface area contributed by atoms with Crippen LogP contribution < -0.4 is 10.1 Å². The van der Waals surface area contributed by atoms with Crippen LogP contribution in [0.3, 0.4) is 0 Å². The van der Waals surface area contributed by atoms with Gasteiger partial charge in [0, 0.05) is 18.9 Å². The first-order valence-electron chi connectivity index (χ1n) is 6.67. The Morgan fingerprint density at radius 3 is 2.81 bits per heavy atom. The normalized spacial score (nSPS) is 11.9. The van der Waals surface area contributed by atoms with Crippen LogP contribution in [0.4, 0.5) is 0 Å². The molecule has 1 aromatic carbocycles. The molecule has 0 unspecified atom stereocenters. The Labute approximate surface area is 122 Å². The van der Waals surface area contributed by atoms with Gasteiger partial charge < -0.3 is 19.7 Å². The van der Waals surface area contributed by atoms with Crippen LogP contribution in [-0.4, -0.2) is 29.9 Å². The summed E-state index contributed by atoms with van der Waals surface area (Å²) in [5, 5.41) is 15.8. The van der Waals surface area contributed by atoms with E-state index in [2.05, 4.69) is 10.5 Å². The fourth-order valence-corrected chi connectivity index (χ4v) is 1.93. The van der Waals surface area contributed by atoms with Crippen molar-refractivity contribution < 1.29 is 19.2 Å². The lowest BCUT2D eigenvalue weighted by atomic mass is 10.1.